The van der Waals surface area contributed by atoms with Gasteiger partial charge in [0.1, 0.15) is 5.41 Å². The van der Waals surface area contributed by atoms with Gasteiger partial charge in [-0.3, -0.25) is 9.97 Å². The highest BCUT2D eigenvalue weighted by molar-refractivity contribution is 5.52. The number of nitriles is 2. The Kier molecular flexibility index (Phi) is 4.42. The number of rotatable bonds is 1. The van der Waals surface area contributed by atoms with Gasteiger partial charge >= 0.3 is 0 Å². The molecule has 1 aliphatic carbocycles. The van der Waals surface area contributed by atoms with Crippen LogP contribution >= 0.6 is 0 Å². The minimum absolute atomic E-state index is 0.583. The lowest BCUT2D eigenvalue weighted by Crippen LogP contribution is -2.24. The van der Waals surface area contributed by atoms with Crippen LogP contribution in [0.1, 0.15) is 19.3 Å². The molecule has 0 saturated heterocycles. The molecule has 3 rings (SSSR count). The molecule has 0 bridgehead atoms. The minimum Gasteiger partial charge on any atom is -0.255 e. The van der Waals surface area contributed by atoms with Crippen LogP contribution in [0.4, 0.5) is 0 Å². The zero-order chi connectivity index (χ0) is 14.3. The van der Waals surface area contributed by atoms with Crippen LogP contribution < -0.4 is 0 Å². The standard InChI is InChI=1S/C10H8N2.C6H6N2/c1-3-7-11-9(5-1)10-6-2-4-8-12-10;7-4-6(5-8)2-1-3-6/h1-8H;1-3H2. The fourth-order valence-electron chi connectivity index (χ4n) is 1.81. The summed E-state index contributed by atoms with van der Waals surface area (Å²) in [6, 6.07) is 15.6. The SMILES string of the molecule is N#CC1(C#N)CCC1.c1ccc(-c2ccccn2)nc1. The maximum absolute atomic E-state index is 8.36. The highest BCUT2D eigenvalue weighted by Crippen LogP contribution is 2.38. The summed E-state index contributed by atoms with van der Waals surface area (Å²) in [5.74, 6) is 0. The van der Waals surface area contributed by atoms with E-state index in [1.54, 1.807) is 12.4 Å². The molecule has 0 N–H and O–H groups in total. The normalized spacial score (nSPS) is 14.7. The summed E-state index contributed by atoms with van der Waals surface area (Å²) in [4.78, 5) is 8.37. The van der Waals surface area contributed by atoms with Crippen LogP contribution in [0.3, 0.4) is 0 Å². The van der Waals surface area contributed by atoms with Crippen molar-refractivity contribution < 1.29 is 0 Å². The van der Waals surface area contributed by atoms with Gasteiger partial charge in [-0.2, -0.15) is 10.5 Å². The lowest BCUT2D eigenvalue weighted by Gasteiger charge is -2.26. The van der Waals surface area contributed by atoms with Crippen LogP contribution in [0, 0.1) is 28.1 Å². The molecule has 1 saturated carbocycles. The van der Waals surface area contributed by atoms with Gasteiger partial charge in [0.05, 0.1) is 23.5 Å². The molecule has 0 aromatic carbocycles. The molecule has 0 radical (unpaired) electrons. The van der Waals surface area contributed by atoms with Crippen molar-refractivity contribution in [2.24, 2.45) is 5.41 Å². The second-order valence-electron chi connectivity index (χ2n) is 4.59. The quantitative estimate of drug-likeness (QED) is 0.790. The van der Waals surface area contributed by atoms with Crippen LogP contribution in [0.25, 0.3) is 11.4 Å². The Labute approximate surface area is 118 Å². The summed E-state index contributed by atoms with van der Waals surface area (Å²) in [7, 11) is 0. The van der Waals surface area contributed by atoms with Crippen LogP contribution in [0.2, 0.25) is 0 Å². The summed E-state index contributed by atoms with van der Waals surface area (Å²) < 4.78 is 0. The molecule has 2 aromatic heterocycles. The van der Waals surface area contributed by atoms with E-state index >= 15 is 0 Å². The van der Waals surface area contributed by atoms with Crippen LogP contribution in [0.15, 0.2) is 48.8 Å². The van der Waals surface area contributed by atoms with Crippen molar-refractivity contribution in [1.82, 2.24) is 9.97 Å². The lowest BCUT2D eigenvalue weighted by atomic mass is 9.71. The van der Waals surface area contributed by atoms with Gasteiger partial charge < -0.3 is 0 Å². The highest BCUT2D eigenvalue weighted by atomic mass is 14.7. The number of nitrogens with zero attached hydrogens (tertiary/aromatic N) is 4. The van der Waals surface area contributed by atoms with Gasteiger partial charge in [-0.1, -0.05) is 12.1 Å². The number of aromatic nitrogens is 2. The molecule has 0 spiro atoms. The first-order valence-corrected chi connectivity index (χ1v) is 6.45. The van der Waals surface area contributed by atoms with Gasteiger partial charge in [0.15, 0.2) is 0 Å². The predicted molar refractivity (Wildman–Crippen MR) is 75.0 cm³/mol. The summed E-state index contributed by atoms with van der Waals surface area (Å²) in [6.07, 6.45) is 6.13. The van der Waals surface area contributed by atoms with E-state index in [1.165, 1.54) is 0 Å². The van der Waals surface area contributed by atoms with Crippen LogP contribution in [0.5, 0.6) is 0 Å². The van der Waals surface area contributed by atoms with Gasteiger partial charge in [0.25, 0.3) is 0 Å². The van der Waals surface area contributed by atoms with E-state index in [-0.39, 0.29) is 0 Å². The molecule has 0 unspecified atom stereocenters. The predicted octanol–water partition coefficient (Wildman–Crippen LogP) is 3.35. The number of hydrogen-bond donors (Lipinski definition) is 0. The molecule has 0 amide bonds. The van der Waals surface area contributed by atoms with E-state index in [2.05, 4.69) is 9.97 Å². The van der Waals surface area contributed by atoms with E-state index < -0.39 is 5.41 Å². The average molecular weight is 262 g/mol. The Morgan fingerprint density at radius 1 is 0.850 bits per heavy atom. The van der Waals surface area contributed by atoms with Gasteiger partial charge in [-0.15, -0.1) is 0 Å². The molecule has 98 valence electrons. The van der Waals surface area contributed by atoms with E-state index in [0.29, 0.717) is 0 Å². The smallest absolute Gasteiger partial charge is 0.143 e. The van der Waals surface area contributed by atoms with E-state index in [1.807, 2.05) is 48.5 Å². The van der Waals surface area contributed by atoms with Gasteiger partial charge in [-0.05, 0) is 43.5 Å². The topological polar surface area (TPSA) is 73.4 Å². The first kappa shape index (κ1) is 13.7. The third-order valence-corrected chi connectivity index (χ3v) is 3.23. The zero-order valence-corrected chi connectivity index (χ0v) is 11.0. The van der Waals surface area contributed by atoms with Crippen molar-refractivity contribution in [3.05, 3.63) is 48.8 Å². The summed E-state index contributed by atoms with van der Waals surface area (Å²) in [5, 5.41) is 16.7. The third kappa shape index (κ3) is 3.18. The van der Waals surface area contributed by atoms with Crippen LogP contribution in [-0.2, 0) is 0 Å². The summed E-state index contributed by atoms with van der Waals surface area (Å²) in [5.41, 5.74) is 1.25. The van der Waals surface area contributed by atoms with Crippen molar-refractivity contribution in [3.63, 3.8) is 0 Å². The molecule has 1 fully saturated rings. The molecular formula is C16H14N4. The Morgan fingerprint density at radius 2 is 1.35 bits per heavy atom. The molecule has 0 atom stereocenters. The molecule has 4 heteroatoms. The molecule has 0 aliphatic heterocycles. The van der Waals surface area contributed by atoms with Crippen molar-refractivity contribution in [2.75, 3.05) is 0 Å². The molecule has 2 heterocycles. The molecular weight excluding hydrogens is 248 g/mol. The Hall–Kier alpha value is -2.72. The average Bonchev–Trinajstić information content (AvgIpc) is 2.50. The molecule has 2 aromatic rings. The summed E-state index contributed by atoms with van der Waals surface area (Å²) in [6.45, 7) is 0. The maximum Gasteiger partial charge on any atom is 0.143 e. The first-order valence-electron chi connectivity index (χ1n) is 6.45. The van der Waals surface area contributed by atoms with Gasteiger partial charge in [-0.25, -0.2) is 0 Å². The fourth-order valence-corrected chi connectivity index (χ4v) is 1.81. The van der Waals surface area contributed by atoms with Crippen molar-refractivity contribution in [2.45, 2.75) is 19.3 Å². The second-order valence-corrected chi connectivity index (χ2v) is 4.59. The lowest BCUT2D eigenvalue weighted by molar-refractivity contribution is 0.299. The third-order valence-electron chi connectivity index (χ3n) is 3.23. The largest absolute Gasteiger partial charge is 0.255 e. The van der Waals surface area contributed by atoms with Crippen LogP contribution in [-0.4, -0.2) is 9.97 Å². The summed E-state index contributed by atoms with van der Waals surface area (Å²) >= 11 is 0. The fraction of sp³-hybridized carbons (Fsp3) is 0.250. The first-order chi connectivity index (χ1) is 9.79. The van der Waals surface area contributed by atoms with E-state index in [4.69, 9.17) is 10.5 Å². The van der Waals surface area contributed by atoms with E-state index in [0.717, 1.165) is 30.7 Å². The second kappa shape index (κ2) is 6.45. The molecule has 20 heavy (non-hydrogen) atoms. The Balaban J connectivity index is 0.000000160. The van der Waals surface area contributed by atoms with Crippen molar-refractivity contribution in [1.29, 1.82) is 10.5 Å². The monoisotopic (exact) mass is 262 g/mol. The Morgan fingerprint density at radius 3 is 1.55 bits per heavy atom. The zero-order valence-electron chi connectivity index (χ0n) is 11.0. The maximum atomic E-state index is 8.36. The van der Waals surface area contributed by atoms with Crippen molar-refractivity contribution in [3.8, 4) is 23.5 Å². The minimum atomic E-state index is -0.583. The Bertz CT molecular complexity index is 566. The molecule has 4 nitrogen and oxygen atoms in total. The highest BCUT2D eigenvalue weighted by Gasteiger charge is 2.37. The van der Waals surface area contributed by atoms with Gasteiger partial charge in [0, 0.05) is 12.4 Å². The molecule has 1 aliphatic rings. The van der Waals surface area contributed by atoms with Crippen molar-refractivity contribution >= 4 is 0 Å². The number of pyridine rings is 2. The number of hydrogen-bond acceptors (Lipinski definition) is 4. The van der Waals surface area contributed by atoms with Gasteiger partial charge in [0.2, 0.25) is 0 Å². The van der Waals surface area contributed by atoms with E-state index in [9.17, 15) is 0 Å².